The summed E-state index contributed by atoms with van der Waals surface area (Å²) in [5.74, 6) is -0.923. The first-order chi connectivity index (χ1) is 7.08. The minimum Gasteiger partial charge on any atom is -0.478 e. The fourth-order valence-electron chi connectivity index (χ4n) is 1.04. The van der Waals surface area contributed by atoms with E-state index in [9.17, 15) is 4.79 Å². The van der Waals surface area contributed by atoms with E-state index >= 15 is 0 Å². The number of rotatable bonds is 3. The fraction of sp³-hybridized carbons (Fsp3) is 0.0833. The van der Waals surface area contributed by atoms with Crippen molar-refractivity contribution in [2.45, 2.75) is 6.92 Å². The summed E-state index contributed by atoms with van der Waals surface area (Å²) in [6.07, 6.45) is 4.83. The van der Waals surface area contributed by atoms with Crippen LogP contribution in [-0.4, -0.2) is 11.1 Å². The molecule has 0 aromatic heterocycles. The van der Waals surface area contributed by atoms with Crippen molar-refractivity contribution >= 4 is 28.0 Å². The molecule has 0 radical (unpaired) electrons. The second-order valence-electron chi connectivity index (χ2n) is 3.11. The monoisotopic (exact) mass is 266 g/mol. The van der Waals surface area contributed by atoms with Crippen molar-refractivity contribution < 1.29 is 9.90 Å². The van der Waals surface area contributed by atoms with Crippen LogP contribution in [0, 0.1) is 0 Å². The molecule has 1 N–H and O–H groups in total. The van der Waals surface area contributed by atoms with Crippen molar-refractivity contribution in [3.63, 3.8) is 0 Å². The number of hydrogen-bond acceptors (Lipinski definition) is 1. The number of carboxylic acids is 1. The summed E-state index contributed by atoms with van der Waals surface area (Å²) < 4.78 is 1.03. The van der Waals surface area contributed by atoms with Crippen molar-refractivity contribution in [3.8, 4) is 0 Å². The molecule has 0 spiro atoms. The van der Waals surface area contributed by atoms with E-state index < -0.39 is 5.97 Å². The molecule has 78 valence electrons. The minimum absolute atomic E-state index is 0.713. The second kappa shape index (κ2) is 5.51. The molecule has 0 atom stereocenters. The van der Waals surface area contributed by atoms with Crippen LogP contribution in [0.15, 0.2) is 46.5 Å². The number of benzene rings is 1. The van der Waals surface area contributed by atoms with E-state index in [1.165, 1.54) is 6.08 Å². The van der Waals surface area contributed by atoms with Gasteiger partial charge in [0.1, 0.15) is 0 Å². The number of halogens is 1. The van der Waals surface area contributed by atoms with Crippen molar-refractivity contribution in [2.75, 3.05) is 0 Å². The Hall–Kier alpha value is -1.35. The highest BCUT2D eigenvalue weighted by atomic mass is 79.9. The molecular weight excluding hydrogens is 256 g/mol. The van der Waals surface area contributed by atoms with Gasteiger partial charge in [-0.2, -0.15) is 0 Å². The maximum atomic E-state index is 10.3. The van der Waals surface area contributed by atoms with Crippen molar-refractivity contribution in [1.29, 1.82) is 0 Å². The molecule has 0 saturated carbocycles. The van der Waals surface area contributed by atoms with E-state index in [0.29, 0.717) is 5.57 Å². The zero-order valence-corrected chi connectivity index (χ0v) is 9.86. The lowest BCUT2D eigenvalue weighted by Crippen LogP contribution is -1.87. The molecule has 1 aromatic carbocycles. The quantitative estimate of drug-likeness (QED) is 0.672. The van der Waals surface area contributed by atoms with Gasteiger partial charge in [-0.05, 0) is 30.2 Å². The number of carboxylic acid groups (broad SMARTS) is 1. The molecule has 0 amide bonds. The molecule has 0 fully saturated rings. The van der Waals surface area contributed by atoms with Gasteiger partial charge in [-0.3, -0.25) is 0 Å². The summed E-state index contributed by atoms with van der Waals surface area (Å²) in [7, 11) is 0. The normalized spacial score (nSPS) is 12.0. The molecule has 1 aromatic rings. The standard InChI is InChI=1S/C12H11BrO2/c1-9(8-12(14)15)2-3-10-4-6-11(13)7-5-10/h2-8H,1H3,(H,14,15)/b3-2+,9-8-. The Morgan fingerprint density at radius 3 is 2.47 bits per heavy atom. The highest BCUT2D eigenvalue weighted by Gasteiger charge is 1.90. The van der Waals surface area contributed by atoms with Crippen molar-refractivity contribution in [3.05, 3.63) is 52.0 Å². The summed E-state index contributed by atoms with van der Waals surface area (Å²) in [5, 5.41) is 8.50. The number of carbonyl (C=O) groups is 1. The summed E-state index contributed by atoms with van der Waals surface area (Å²) in [6.45, 7) is 1.75. The molecule has 0 aliphatic rings. The van der Waals surface area contributed by atoms with Gasteiger partial charge in [-0.15, -0.1) is 0 Å². The highest BCUT2D eigenvalue weighted by molar-refractivity contribution is 9.10. The zero-order chi connectivity index (χ0) is 11.3. The maximum absolute atomic E-state index is 10.3. The largest absolute Gasteiger partial charge is 0.478 e. The van der Waals surface area contributed by atoms with Crippen LogP contribution < -0.4 is 0 Å². The topological polar surface area (TPSA) is 37.3 Å². The van der Waals surface area contributed by atoms with Gasteiger partial charge in [0.2, 0.25) is 0 Å². The molecule has 0 aliphatic heterocycles. The van der Waals surface area contributed by atoms with E-state index in [1.54, 1.807) is 13.0 Å². The molecule has 0 heterocycles. The first kappa shape index (κ1) is 11.7. The van der Waals surface area contributed by atoms with E-state index in [4.69, 9.17) is 5.11 Å². The summed E-state index contributed by atoms with van der Waals surface area (Å²) in [4.78, 5) is 10.3. The van der Waals surface area contributed by atoms with Crippen LogP contribution in [-0.2, 0) is 4.79 Å². The summed E-state index contributed by atoms with van der Waals surface area (Å²) in [5.41, 5.74) is 1.75. The Bertz CT molecular complexity index is 402. The SMILES string of the molecule is CC(=C/C(=O)O)/C=C/c1ccc(Br)cc1. The summed E-state index contributed by atoms with van der Waals surface area (Å²) in [6, 6.07) is 7.79. The maximum Gasteiger partial charge on any atom is 0.328 e. The van der Waals surface area contributed by atoms with Crippen LogP contribution in [0.3, 0.4) is 0 Å². The van der Waals surface area contributed by atoms with Gasteiger partial charge in [-0.1, -0.05) is 40.2 Å². The van der Waals surface area contributed by atoms with Crippen LogP contribution >= 0.6 is 15.9 Å². The van der Waals surface area contributed by atoms with Gasteiger partial charge in [0.05, 0.1) is 0 Å². The molecule has 0 bridgehead atoms. The van der Waals surface area contributed by atoms with Crippen LogP contribution in [0.25, 0.3) is 6.08 Å². The van der Waals surface area contributed by atoms with Crippen LogP contribution in [0.5, 0.6) is 0 Å². The molecule has 0 saturated heterocycles. The molecule has 0 aliphatic carbocycles. The third-order valence-electron chi connectivity index (χ3n) is 1.76. The number of allylic oxidation sites excluding steroid dienone is 2. The summed E-state index contributed by atoms with van der Waals surface area (Å²) >= 11 is 3.35. The third kappa shape index (κ3) is 4.61. The van der Waals surface area contributed by atoms with E-state index in [0.717, 1.165) is 10.0 Å². The lowest BCUT2D eigenvalue weighted by atomic mass is 10.1. The minimum atomic E-state index is -0.923. The highest BCUT2D eigenvalue weighted by Crippen LogP contribution is 2.12. The Balaban J connectivity index is 2.73. The molecule has 0 unspecified atom stereocenters. The van der Waals surface area contributed by atoms with Gasteiger partial charge >= 0.3 is 5.97 Å². The lowest BCUT2D eigenvalue weighted by Gasteiger charge is -1.94. The first-order valence-corrected chi connectivity index (χ1v) is 5.22. The van der Waals surface area contributed by atoms with E-state index in [1.807, 2.05) is 30.3 Å². The predicted molar refractivity (Wildman–Crippen MR) is 64.6 cm³/mol. The van der Waals surface area contributed by atoms with Crippen LogP contribution in [0.4, 0.5) is 0 Å². The van der Waals surface area contributed by atoms with Gasteiger partial charge in [0.25, 0.3) is 0 Å². The van der Waals surface area contributed by atoms with Gasteiger partial charge in [-0.25, -0.2) is 4.79 Å². The number of hydrogen-bond donors (Lipinski definition) is 1. The Kier molecular flexibility index (Phi) is 4.31. The molecule has 1 rings (SSSR count). The zero-order valence-electron chi connectivity index (χ0n) is 8.27. The first-order valence-electron chi connectivity index (χ1n) is 4.43. The lowest BCUT2D eigenvalue weighted by molar-refractivity contribution is -0.131. The smallest absolute Gasteiger partial charge is 0.328 e. The Morgan fingerprint density at radius 2 is 1.93 bits per heavy atom. The number of aliphatic carboxylic acids is 1. The van der Waals surface area contributed by atoms with Gasteiger partial charge < -0.3 is 5.11 Å². The molecule has 3 heteroatoms. The Morgan fingerprint density at radius 1 is 1.33 bits per heavy atom. The molecule has 2 nitrogen and oxygen atoms in total. The van der Waals surface area contributed by atoms with E-state index in [-0.39, 0.29) is 0 Å². The van der Waals surface area contributed by atoms with Gasteiger partial charge in [0, 0.05) is 10.5 Å². The second-order valence-corrected chi connectivity index (χ2v) is 4.03. The molecular formula is C12H11BrO2. The van der Waals surface area contributed by atoms with Crippen LogP contribution in [0.2, 0.25) is 0 Å². The average Bonchev–Trinajstić information content (AvgIpc) is 2.16. The Labute approximate surface area is 97.1 Å². The van der Waals surface area contributed by atoms with Gasteiger partial charge in [0.15, 0.2) is 0 Å². The molecule has 15 heavy (non-hydrogen) atoms. The van der Waals surface area contributed by atoms with Crippen molar-refractivity contribution in [1.82, 2.24) is 0 Å². The van der Waals surface area contributed by atoms with Crippen LogP contribution in [0.1, 0.15) is 12.5 Å². The van der Waals surface area contributed by atoms with E-state index in [2.05, 4.69) is 15.9 Å². The predicted octanol–water partition coefficient (Wildman–Crippen LogP) is 3.49. The van der Waals surface area contributed by atoms with Crippen molar-refractivity contribution in [2.24, 2.45) is 0 Å². The average molecular weight is 267 g/mol. The fourth-order valence-corrected chi connectivity index (χ4v) is 1.31. The third-order valence-corrected chi connectivity index (χ3v) is 2.29.